The number of nitrogens with zero attached hydrogens (tertiary/aromatic N) is 1. The number of pyridine rings is 1. The molecule has 5 nitrogen and oxygen atoms in total. The first kappa shape index (κ1) is 13.9. The maximum Gasteiger partial charge on any atom is 0.255 e. The van der Waals surface area contributed by atoms with Crippen molar-refractivity contribution in [3.63, 3.8) is 0 Å². The second-order valence-corrected chi connectivity index (χ2v) is 4.33. The maximum absolute atomic E-state index is 12.1. The van der Waals surface area contributed by atoms with Crippen molar-refractivity contribution in [1.82, 2.24) is 4.98 Å². The molecule has 2 aromatic rings. The van der Waals surface area contributed by atoms with E-state index in [1.165, 1.54) is 0 Å². The van der Waals surface area contributed by atoms with Crippen molar-refractivity contribution < 1.29 is 9.53 Å². The first-order valence-electron chi connectivity index (χ1n) is 6.36. The Morgan fingerprint density at radius 1 is 1.35 bits per heavy atom. The number of benzene rings is 1. The summed E-state index contributed by atoms with van der Waals surface area (Å²) in [6, 6.07) is 8.53. The van der Waals surface area contributed by atoms with E-state index in [9.17, 15) is 4.79 Å². The van der Waals surface area contributed by atoms with Gasteiger partial charge in [0.05, 0.1) is 12.3 Å². The van der Waals surface area contributed by atoms with E-state index in [4.69, 9.17) is 10.5 Å². The van der Waals surface area contributed by atoms with Crippen LogP contribution in [0.3, 0.4) is 0 Å². The molecule has 2 rings (SSSR count). The number of anilines is 2. The van der Waals surface area contributed by atoms with Crippen LogP contribution in [0.1, 0.15) is 23.0 Å². The number of hydrogen-bond acceptors (Lipinski definition) is 4. The van der Waals surface area contributed by atoms with Crippen molar-refractivity contribution >= 4 is 17.3 Å². The predicted molar refractivity (Wildman–Crippen MR) is 79.0 cm³/mol. The number of nitrogens with one attached hydrogen (secondary N) is 1. The van der Waals surface area contributed by atoms with Gasteiger partial charge < -0.3 is 15.8 Å². The van der Waals surface area contributed by atoms with Crippen LogP contribution in [0.2, 0.25) is 0 Å². The summed E-state index contributed by atoms with van der Waals surface area (Å²) in [7, 11) is 0. The molecular formula is C15H17N3O2. The van der Waals surface area contributed by atoms with E-state index < -0.39 is 0 Å². The highest BCUT2D eigenvalue weighted by Crippen LogP contribution is 2.23. The third-order valence-electron chi connectivity index (χ3n) is 2.73. The van der Waals surface area contributed by atoms with Gasteiger partial charge in [0.2, 0.25) is 0 Å². The number of ether oxygens (including phenoxy) is 1. The molecule has 0 fully saturated rings. The molecule has 1 amide bonds. The molecular weight excluding hydrogens is 254 g/mol. The van der Waals surface area contributed by atoms with Crippen LogP contribution in [0.5, 0.6) is 5.75 Å². The average Bonchev–Trinajstić information content (AvgIpc) is 2.41. The number of nitrogen functional groups attached to an aromatic ring is 1. The minimum absolute atomic E-state index is 0.217. The van der Waals surface area contributed by atoms with Gasteiger partial charge in [0, 0.05) is 23.1 Å². The Hall–Kier alpha value is -2.56. The third-order valence-corrected chi connectivity index (χ3v) is 2.73. The molecule has 5 heteroatoms. The highest BCUT2D eigenvalue weighted by Gasteiger charge is 2.09. The van der Waals surface area contributed by atoms with Crippen LogP contribution in [-0.4, -0.2) is 17.5 Å². The molecule has 0 radical (unpaired) electrons. The quantitative estimate of drug-likeness (QED) is 0.838. The van der Waals surface area contributed by atoms with Gasteiger partial charge in [-0.2, -0.15) is 0 Å². The molecule has 3 N–H and O–H groups in total. The van der Waals surface area contributed by atoms with Crippen molar-refractivity contribution in [2.45, 2.75) is 13.8 Å². The Morgan fingerprint density at radius 3 is 2.80 bits per heavy atom. The Labute approximate surface area is 117 Å². The molecule has 0 aliphatic rings. The lowest BCUT2D eigenvalue weighted by molar-refractivity contribution is 0.102. The van der Waals surface area contributed by atoms with E-state index >= 15 is 0 Å². The number of nitrogens with two attached hydrogens (primary N) is 1. The summed E-state index contributed by atoms with van der Waals surface area (Å²) in [6.07, 6.45) is 1.65. The fraction of sp³-hybridized carbons (Fsp3) is 0.200. The van der Waals surface area contributed by atoms with Gasteiger partial charge in [0.25, 0.3) is 5.91 Å². The van der Waals surface area contributed by atoms with Crippen LogP contribution in [0, 0.1) is 6.92 Å². The molecule has 1 heterocycles. The number of rotatable bonds is 4. The highest BCUT2D eigenvalue weighted by molar-refractivity contribution is 6.05. The molecule has 0 atom stereocenters. The van der Waals surface area contributed by atoms with Crippen LogP contribution < -0.4 is 15.8 Å². The van der Waals surface area contributed by atoms with Crippen molar-refractivity contribution in [2.24, 2.45) is 0 Å². The van der Waals surface area contributed by atoms with E-state index in [0.717, 1.165) is 5.69 Å². The fourth-order valence-electron chi connectivity index (χ4n) is 1.80. The minimum Gasteiger partial charge on any atom is -0.492 e. The first-order valence-corrected chi connectivity index (χ1v) is 6.36. The second-order valence-electron chi connectivity index (χ2n) is 4.33. The molecule has 104 valence electrons. The molecule has 0 saturated carbocycles. The lowest BCUT2D eigenvalue weighted by atomic mass is 10.1. The van der Waals surface area contributed by atoms with Crippen molar-refractivity contribution in [3.05, 3.63) is 47.8 Å². The molecule has 0 aliphatic carbocycles. The largest absolute Gasteiger partial charge is 0.492 e. The van der Waals surface area contributed by atoms with Crippen LogP contribution in [0.25, 0.3) is 0 Å². The lowest BCUT2D eigenvalue weighted by Gasteiger charge is -2.09. The molecule has 0 saturated heterocycles. The zero-order valence-electron chi connectivity index (χ0n) is 11.5. The zero-order chi connectivity index (χ0) is 14.5. The summed E-state index contributed by atoms with van der Waals surface area (Å²) in [5, 5.41) is 2.80. The Kier molecular flexibility index (Phi) is 4.20. The van der Waals surface area contributed by atoms with Crippen molar-refractivity contribution in [3.8, 4) is 5.75 Å². The molecule has 0 unspecified atom stereocenters. The van der Waals surface area contributed by atoms with Gasteiger partial charge in [-0.3, -0.25) is 9.78 Å². The van der Waals surface area contributed by atoms with Crippen molar-refractivity contribution in [1.29, 1.82) is 0 Å². The predicted octanol–water partition coefficient (Wildman–Crippen LogP) is 2.62. The fourth-order valence-corrected chi connectivity index (χ4v) is 1.80. The third kappa shape index (κ3) is 3.26. The molecule has 20 heavy (non-hydrogen) atoms. The standard InChI is InChI=1S/C15H17N3O2/c1-3-20-14-5-4-11(9-13(14)16)15(19)18-12-6-7-17-10(2)8-12/h4-9H,3,16H2,1-2H3,(H,17,18,19). The topological polar surface area (TPSA) is 77.2 Å². The number of aryl methyl sites for hydroxylation is 1. The normalized spacial score (nSPS) is 10.1. The maximum atomic E-state index is 12.1. The first-order chi connectivity index (χ1) is 9.60. The number of carbonyl (C=O) groups excluding carboxylic acids is 1. The van der Waals surface area contributed by atoms with E-state index in [-0.39, 0.29) is 5.91 Å². The summed E-state index contributed by atoms with van der Waals surface area (Å²) in [5.41, 5.74) is 8.33. The summed E-state index contributed by atoms with van der Waals surface area (Å²) in [6.45, 7) is 4.28. The lowest BCUT2D eigenvalue weighted by Crippen LogP contribution is -2.12. The van der Waals surface area contributed by atoms with E-state index in [0.29, 0.717) is 29.3 Å². The van der Waals surface area contributed by atoms with Gasteiger partial charge in [-0.05, 0) is 44.2 Å². The van der Waals surface area contributed by atoms with E-state index in [1.807, 2.05) is 13.8 Å². The van der Waals surface area contributed by atoms with Crippen LogP contribution in [0.15, 0.2) is 36.5 Å². The highest BCUT2D eigenvalue weighted by atomic mass is 16.5. The molecule has 0 bridgehead atoms. The van der Waals surface area contributed by atoms with Gasteiger partial charge in [-0.15, -0.1) is 0 Å². The van der Waals surface area contributed by atoms with Crippen LogP contribution in [0.4, 0.5) is 11.4 Å². The Morgan fingerprint density at radius 2 is 2.15 bits per heavy atom. The minimum atomic E-state index is -0.217. The molecule has 0 aliphatic heterocycles. The number of amides is 1. The second kappa shape index (κ2) is 6.06. The number of carbonyl (C=O) groups is 1. The van der Waals surface area contributed by atoms with Gasteiger partial charge in [-0.25, -0.2) is 0 Å². The van der Waals surface area contributed by atoms with Gasteiger partial charge >= 0.3 is 0 Å². The summed E-state index contributed by atoms with van der Waals surface area (Å²) in [5.74, 6) is 0.370. The molecule has 0 spiro atoms. The average molecular weight is 271 g/mol. The summed E-state index contributed by atoms with van der Waals surface area (Å²) >= 11 is 0. The van der Waals surface area contributed by atoms with E-state index in [2.05, 4.69) is 10.3 Å². The SMILES string of the molecule is CCOc1ccc(C(=O)Nc2ccnc(C)c2)cc1N. The van der Waals surface area contributed by atoms with Gasteiger partial charge in [0.15, 0.2) is 0 Å². The Balaban J connectivity index is 2.15. The molecule has 1 aromatic heterocycles. The monoisotopic (exact) mass is 271 g/mol. The summed E-state index contributed by atoms with van der Waals surface area (Å²) in [4.78, 5) is 16.2. The summed E-state index contributed by atoms with van der Waals surface area (Å²) < 4.78 is 5.34. The van der Waals surface area contributed by atoms with E-state index in [1.54, 1.807) is 36.5 Å². The van der Waals surface area contributed by atoms with Crippen LogP contribution >= 0.6 is 0 Å². The number of hydrogen-bond donors (Lipinski definition) is 2. The van der Waals surface area contributed by atoms with Crippen LogP contribution in [-0.2, 0) is 0 Å². The number of aromatic nitrogens is 1. The van der Waals surface area contributed by atoms with Gasteiger partial charge in [0.1, 0.15) is 5.75 Å². The van der Waals surface area contributed by atoms with Gasteiger partial charge in [-0.1, -0.05) is 0 Å². The Bertz CT molecular complexity index is 626. The smallest absolute Gasteiger partial charge is 0.255 e. The molecule has 1 aromatic carbocycles. The zero-order valence-corrected chi connectivity index (χ0v) is 11.5. The van der Waals surface area contributed by atoms with Crippen molar-refractivity contribution in [2.75, 3.05) is 17.7 Å².